The Morgan fingerprint density at radius 3 is 2.56 bits per heavy atom. The molecular formula is C21H34FN3O2+2. The molecule has 1 saturated carbocycles. The van der Waals surface area contributed by atoms with Crippen molar-refractivity contribution >= 4 is 5.91 Å². The maximum Gasteiger partial charge on any atom is 0.275 e. The number of ether oxygens (including phenoxy) is 1. The molecule has 27 heavy (non-hydrogen) atoms. The number of amides is 1. The van der Waals surface area contributed by atoms with Gasteiger partial charge in [-0.2, -0.15) is 0 Å². The van der Waals surface area contributed by atoms with Gasteiger partial charge in [-0.05, 0) is 37.0 Å². The van der Waals surface area contributed by atoms with Gasteiger partial charge in [-0.1, -0.05) is 19.8 Å². The highest BCUT2D eigenvalue weighted by atomic mass is 19.1. The molecule has 0 spiro atoms. The summed E-state index contributed by atoms with van der Waals surface area (Å²) in [5.74, 6) is 0.793. The van der Waals surface area contributed by atoms with E-state index in [4.69, 9.17) is 4.74 Å². The Labute approximate surface area is 161 Å². The SMILES string of the molecule is COc1ccc(C[NH+]2CC[NH+](CC(=O)N[C@@H]3CCCC[C@H]3C)CC2)cc1F. The van der Waals surface area contributed by atoms with E-state index in [0.29, 0.717) is 24.3 Å². The molecule has 150 valence electrons. The van der Waals surface area contributed by atoms with Crippen molar-refractivity contribution in [2.45, 2.75) is 45.2 Å². The third-order valence-corrected chi connectivity index (χ3v) is 6.20. The third-order valence-electron chi connectivity index (χ3n) is 6.20. The molecule has 2 fully saturated rings. The highest BCUT2D eigenvalue weighted by molar-refractivity contribution is 5.77. The Hall–Kier alpha value is -1.66. The van der Waals surface area contributed by atoms with Crippen molar-refractivity contribution in [2.75, 3.05) is 39.8 Å². The number of hydrogen-bond donors (Lipinski definition) is 3. The van der Waals surface area contributed by atoms with Crippen LogP contribution in [0.25, 0.3) is 0 Å². The highest BCUT2D eigenvalue weighted by Crippen LogP contribution is 2.23. The number of halogens is 1. The summed E-state index contributed by atoms with van der Waals surface area (Å²) in [6, 6.07) is 5.57. The van der Waals surface area contributed by atoms with Gasteiger partial charge >= 0.3 is 0 Å². The molecule has 6 heteroatoms. The van der Waals surface area contributed by atoms with E-state index in [2.05, 4.69) is 12.2 Å². The molecule has 0 bridgehead atoms. The first-order valence-electron chi connectivity index (χ1n) is 10.3. The van der Waals surface area contributed by atoms with Crippen LogP contribution in [0.2, 0.25) is 0 Å². The van der Waals surface area contributed by atoms with E-state index in [0.717, 1.165) is 44.7 Å². The number of hydrogen-bond acceptors (Lipinski definition) is 2. The number of methoxy groups -OCH3 is 1. The lowest BCUT2D eigenvalue weighted by Gasteiger charge is -2.32. The van der Waals surface area contributed by atoms with Crippen molar-refractivity contribution in [1.82, 2.24) is 5.32 Å². The molecule has 2 atom stereocenters. The molecule has 3 N–H and O–H groups in total. The molecule has 1 amide bonds. The zero-order valence-corrected chi connectivity index (χ0v) is 16.7. The smallest absolute Gasteiger partial charge is 0.275 e. The van der Waals surface area contributed by atoms with Crippen LogP contribution >= 0.6 is 0 Å². The lowest BCUT2D eigenvalue weighted by atomic mass is 9.86. The molecule has 1 saturated heterocycles. The molecule has 5 nitrogen and oxygen atoms in total. The van der Waals surface area contributed by atoms with Crippen LogP contribution in [0.1, 0.15) is 38.2 Å². The van der Waals surface area contributed by atoms with E-state index in [9.17, 15) is 9.18 Å². The number of nitrogens with one attached hydrogen (secondary N) is 3. The molecule has 1 aliphatic carbocycles. The third kappa shape index (κ3) is 5.66. The molecule has 0 radical (unpaired) electrons. The van der Waals surface area contributed by atoms with Crippen LogP contribution in [0.15, 0.2) is 18.2 Å². The van der Waals surface area contributed by atoms with Gasteiger partial charge in [0.1, 0.15) is 32.7 Å². The highest BCUT2D eigenvalue weighted by Gasteiger charge is 2.27. The van der Waals surface area contributed by atoms with Gasteiger partial charge in [-0.25, -0.2) is 4.39 Å². The number of rotatable bonds is 6. The topological polar surface area (TPSA) is 47.2 Å². The second-order valence-corrected chi connectivity index (χ2v) is 8.26. The normalized spacial score (nSPS) is 28.6. The van der Waals surface area contributed by atoms with E-state index in [-0.39, 0.29) is 11.7 Å². The maximum atomic E-state index is 13.8. The summed E-state index contributed by atoms with van der Waals surface area (Å²) in [6.45, 7) is 7.64. The van der Waals surface area contributed by atoms with E-state index >= 15 is 0 Å². The van der Waals surface area contributed by atoms with Crippen molar-refractivity contribution in [3.8, 4) is 5.75 Å². The minimum Gasteiger partial charge on any atom is -0.494 e. The molecule has 2 aliphatic rings. The molecule has 1 aliphatic heterocycles. The number of carbonyl (C=O) groups excluding carboxylic acids is 1. The second-order valence-electron chi connectivity index (χ2n) is 8.26. The Bertz CT molecular complexity index is 632. The fourth-order valence-corrected chi connectivity index (χ4v) is 4.43. The predicted molar refractivity (Wildman–Crippen MR) is 102 cm³/mol. The lowest BCUT2D eigenvalue weighted by molar-refractivity contribution is -1.02. The van der Waals surface area contributed by atoms with E-state index in [1.54, 1.807) is 12.1 Å². The summed E-state index contributed by atoms with van der Waals surface area (Å²) < 4.78 is 18.8. The first kappa shape index (κ1) is 20.1. The van der Waals surface area contributed by atoms with E-state index < -0.39 is 0 Å². The quantitative estimate of drug-likeness (QED) is 0.642. The maximum absolute atomic E-state index is 13.8. The molecule has 1 heterocycles. The summed E-state index contributed by atoms with van der Waals surface area (Å²) in [5, 5.41) is 3.26. The van der Waals surface area contributed by atoms with E-state index in [1.807, 2.05) is 6.07 Å². The molecule has 3 rings (SSSR count). The van der Waals surface area contributed by atoms with Crippen molar-refractivity contribution in [3.05, 3.63) is 29.6 Å². The lowest BCUT2D eigenvalue weighted by Crippen LogP contribution is -3.28. The zero-order chi connectivity index (χ0) is 19.2. The summed E-state index contributed by atoms with van der Waals surface area (Å²) in [4.78, 5) is 15.2. The number of benzene rings is 1. The Morgan fingerprint density at radius 1 is 1.19 bits per heavy atom. The first-order chi connectivity index (χ1) is 13.0. The Balaban J connectivity index is 1.40. The average Bonchev–Trinajstić information content (AvgIpc) is 2.65. The molecule has 0 unspecified atom stereocenters. The van der Waals surface area contributed by atoms with Gasteiger partial charge in [0.05, 0.1) is 7.11 Å². The van der Waals surface area contributed by atoms with Crippen molar-refractivity contribution in [3.63, 3.8) is 0 Å². The summed E-state index contributed by atoms with van der Waals surface area (Å²) in [6.07, 6.45) is 4.88. The Morgan fingerprint density at radius 2 is 1.89 bits per heavy atom. The van der Waals surface area contributed by atoms with Crippen molar-refractivity contribution < 1.29 is 23.7 Å². The van der Waals surface area contributed by atoms with Gasteiger partial charge in [0.15, 0.2) is 18.1 Å². The van der Waals surface area contributed by atoms with Crippen molar-refractivity contribution in [1.29, 1.82) is 0 Å². The second kappa shape index (κ2) is 9.51. The Kier molecular flexibility index (Phi) is 7.07. The summed E-state index contributed by atoms with van der Waals surface area (Å²) in [7, 11) is 1.48. The minimum absolute atomic E-state index is 0.199. The fourth-order valence-electron chi connectivity index (χ4n) is 4.43. The molecule has 1 aromatic carbocycles. The van der Waals surface area contributed by atoms with Crippen LogP contribution in [0.4, 0.5) is 4.39 Å². The number of piperazine rings is 1. The number of quaternary nitrogens is 2. The van der Waals surface area contributed by atoms with Crippen molar-refractivity contribution in [2.24, 2.45) is 5.92 Å². The van der Waals surface area contributed by atoms with Crippen LogP contribution in [-0.2, 0) is 11.3 Å². The zero-order valence-electron chi connectivity index (χ0n) is 16.7. The van der Waals surface area contributed by atoms with Gasteiger partial charge in [-0.15, -0.1) is 0 Å². The van der Waals surface area contributed by atoms with Gasteiger partial charge < -0.3 is 19.9 Å². The molecule has 1 aromatic rings. The minimum atomic E-state index is -0.299. The average molecular weight is 380 g/mol. The van der Waals surface area contributed by atoms with Crippen LogP contribution in [0.3, 0.4) is 0 Å². The largest absolute Gasteiger partial charge is 0.494 e. The van der Waals surface area contributed by atoms with Gasteiger partial charge in [-0.3, -0.25) is 4.79 Å². The van der Waals surface area contributed by atoms with Crippen LogP contribution < -0.4 is 19.9 Å². The van der Waals surface area contributed by atoms with Gasteiger partial charge in [0.25, 0.3) is 5.91 Å². The van der Waals surface area contributed by atoms with Crippen LogP contribution in [0.5, 0.6) is 5.75 Å². The van der Waals surface area contributed by atoms with E-state index in [1.165, 1.54) is 36.2 Å². The monoisotopic (exact) mass is 379 g/mol. The number of carbonyl (C=O) groups is 1. The summed E-state index contributed by atoms with van der Waals surface area (Å²) >= 11 is 0. The molecule has 0 aromatic heterocycles. The predicted octanol–water partition coefficient (Wildman–Crippen LogP) is -0.187. The first-order valence-corrected chi connectivity index (χ1v) is 10.3. The van der Waals surface area contributed by atoms with Crippen LogP contribution in [0, 0.1) is 11.7 Å². The van der Waals surface area contributed by atoms with Gasteiger partial charge in [0, 0.05) is 11.6 Å². The standard InChI is InChI=1S/C21H32FN3O2/c1-16-5-3-4-6-19(16)23-21(26)15-25-11-9-24(10-12-25)14-17-7-8-20(27-2)18(22)13-17/h7-8,13,16,19H,3-6,9-12,14-15H2,1-2H3,(H,23,26)/p+2/t16-,19-/m1/s1. The fraction of sp³-hybridized carbons (Fsp3) is 0.667. The summed E-state index contributed by atoms with van der Waals surface area (Å²) in [5.41, 5.74) is 0.996. The van der Waals surface area contributed by atoms with Crippen LogP contribution in [-0.4, -0.2) is 51.8 Å². The molecular weight excluding hydrogens is 345 g/mol. The van der Waals surface area contributed by atoms with Gasteiger partial charge in [0.2, 0.25) is 0 Å².